The largest absolute Gasteiger partial charge is 0.303 e. The maximum atomic E-state index is 10.2. The fourth-order valence-electron chi connectivity index (χ4n) is 3.71. The van der Waals surface area contributed by atoms with Gasteiger partial charge in [0.15, 0.2) is 0 Å². The van der Waals surface area contributed by atoms with Crippen LogP contribution in [0.25, 0.3) is 0 Å². The molecule has 0 heterocycles. The van der Waals surface area contributed by atoms with Gasteiger partial charge >= 0.3 is 0 Å². The summed E-state index contributed by atoms with van der Waals surface area (Å²) < 4.78 is 0. The highest BCUT2D eigenvalue weighted by atomic mass is 16.1. The Morgan fingerprint density at radius 3 is 1.04 bits per heavy atom. The van der Waals surface area contributed by atoms with E-state index in [4.69, 9.17) is 0 Å². The summed E-state index contributed by atoms with van der Waals surface area (Å²) in [5.41, 5.74) is 0. The minimum atomic E-state index is 0.760. The third-order valence-electron chi connectivity index (χ3n) is 5.58. The van der Waals surface area contributed by atoms with Gasteiger partial charge in [-0.05, 0) is 32.1 Å². The number of allylic oxidation sites excluding steroid dienone is 2. The second kappa shape index (κ2) is 25.4. The van der Waals surface area contributed by atoms with Gasteiger partial charge in [-0.15, -0.1) is 0 Å². The van der Waals surface area contributed by atoms with Gasteiger partial charge in [-0.25, -0.2) is 0 Å². The van der Waals surface area contributed by atoms with Gasteiger partial charge in [-0.2, -0.15) is 0 Å². The van der Waals surface area contributed by atoms with Crippen LogP contribution in [0.4, 0.5) is 0 Å². The van der Waals surface area contributed by atoms with Gasteiger partial charge in [0.1, 0.15) is 6.29 Å². The molecule has 0 aromatic carbocycles. The lowest BCUT2D eigenvalue weighted by Gasteiger charge is -2.03. The van der Waals surface area contributed by atoms with E-state index in [0.29, 0.717) is 0 Å². The minimum Gasteiger partial charge on any atom is -0.303 e. The lowest BCUT2D eigenvalue weighted by atomic mass is 10.0. The summed E-state index contributed by atoms with van der Waals surface area (Å²) in [5.74, 6) is 0. The zero-order valence-electron chi connectivity index (χ0n) is 18.7. The van der Waals surface area contributed by atoms with E-state index in [1.54, 1.807) is 0 Å². The van der Waals surface area contributed by atoms with E-state index in [2.05, 4.69) is 19.1 Å². The van der Waals surface area contributed by atoms with Gasteiger partial charge in [-0.1, -0.05) is 122 Å². The summed E-state index contributed by atoms with van der Waals surface area (Å²) in [6.07, 6.45) is 35.5. The van der Waals surface area contributed by atoms with Crippen molar-refractivity contribution >= 4 is 6.29 Å². The van der Waals surface area contributed by atoms with E-state index in [9.17, 15) is 4.79 Å². The molecule has 0 aliphatic carbocycles. The molecule has 0 aliphatic heterocycles. The number of carbonyl (C=O) groups excluding carboxylic acids is 1. The average Bonchev–Trinajstić information content (AvgIpc) is 2.68. The van der Waals surface area contributed by atoms with E-state index in [1.807, 2.05) is 0 Å². The van der Waals surface area contributed by atoms with Gasteiger partial charge in [0, 0.05) is 6.42 Å². The van der Waals surface area contributed by atoms with Crippen molar-refractivity contribution in [3.63, 3.8) is 0 Å². The Morgan fingerprint density at radius 1 is 0.407 bits per heavy atom. The zero-order chi connectivity index (χ0) is 19.7. The molecular formula is C26H50O. The lowest BCUT2D eigenvalue weighted by molar-refractivity contribution is -0.107. The molecule has 160 valence electrons. The number of carbonyl (C=O) groups is 1. The first-order valence-electron chi connectivity index (χ1n) is 12.5. The first-order chi connectivity index (χ1) is 13.4. The Labute approximate surface area is 171 Å². The molecule has 0 saturated carbocycles. The minimum absolute atomic E-state index is 0.760. The van der Waals surface area contributed by atoms with Crippen LogP contribution in [0.5, 0.6) is 0 Å². The summed E-state index contributed by atoms with van der Waals surface area (Å²) in [6.45, 7) is 2.28. The third kappa shape index (κ3) is 25.4. The molecule has 1 heteroatoms. The molecule has 0 rings (SSSR count). The molecule has 0 N–H and O–H groups in total. The smallest absolute Gasteiger partial charge is 0.119 e. The average molecular weight is 379 g/mol. The van der Waals surface area contributed by atoms with Gasteiger partial charge in [0.25, 0.3) is 0 Å². The molecule has 0 aromatic heterocycles. The van der Waals surface area contributed by atoms with Gasteiger partial charge < -0.3 is 4.79 Å². The van der Waals surface area contributed by atoms with E-state index in [-0.39, 0.29) is 0 Å². The molecule has 0 aliphatic rings. The molecule has 0 spiro atoms. The molecule has 0 aromatic rings. The fourth-order valence-corrected chi connectivity index (χ4v) is 3.71. The first kappa shape index (κ1) is 26.4. The summed E-state index contributed by atoms with van der Waals surface area (Å²) in [5, 5.41) is 0. The molecule has 27 heavy (non-hydrogen) atoms. The van der Waals surface area contributed by atoms with Crippen LogP contribution >= 0.6 is 0 Å². The highest BCUT2D eigenvalue weighted by molar-refractivity contribution is 5.48. The highest BCUT2D eigenvalue weighted by Gasteiger charge is 1.94. The summed E-state index contributed by atoms with van der Waals surface area (Å²) in [6, 6.07) is 0. The maximum Gasteiger partial charge on any atom is 0.119 e. The molecule has 0 saturated heterocycles. The number of unbranched alkanes of at least 4 members (excludes halogenated alkanes) is 20. The van der Waals surface area contributed by atoms with Gasteiger partial charge in [0.05, 0.1) is 0 Å². The number of hydrogen-bond acceptors (Lipinski definition) is 1. The molecule has 0 amide bonds. The van der Waals surface area contributed by atoms with Crippen molar-refractivity contribution < 1.29 is 4.79 Å². The monoisotopic (exact) mass is 378 g/mol. The van der Waals surface area contributed by atoms with E-state index >= 15 is 0 Å². The summed E-state index contributed by atoms with van der Waals surface area (Å²) in [4.78, 5) is 10.2. The zero-order valence-corrected chi connectivity index (χ0v) is 18.7. The van der Waals surface area contributed by atoms with Gasteiger partial charge in [0.2, 0.25) is 0 Å². The summed E-state index contributed by atoms with van der Waals surface area (Å²) in [7, 11) is 0. The van der Waals surface area contributed by atoms with Crippen molar-refractivity contribution in [3.8, 4) is 0 Å². The Morgan fingerprint density at radius 2 is 0.704 bits per heavy atom. The lowest BCUT2D eigenvalue weighted by Crippen LogP contribution is -1.84. The summed E-state index contributed by atoms with van der Waals surface area (Å²) >= 11 is 0. The molecule has 0 fully saturated rings. The van der Waals surface area contributed by atoms with Crippen LogP contribution in [0.1, 0.15) is 148 Å². The first-order valence-corrected chi connectivity index (χ1v) is 12.5. The SMILES string of the molecule is CCCCCC/C=C/CCCCCCCCCCCCCCCCCC=O. The van der Waals surface area contributed by atoms with Crippen molar-refractivity contribution in [3.05, 3.63) is 12.2 Å². The molecule has 0 bridgehead atoms. The van der Waals surface area contributed by atoms with Crippen molar-refractivity contribution in [1.82, 2.24) is 0 Å². The quantitative estimate of drug-likeness (QED) is 0.0982. The molecule has 0 unspecified atom stereocenters. The second-order valence-corrected chi connectivity index (χ2v) is 8.37. The normalized spacial score (nSPS) is 11.4. The predicted octanol–water partition coefficient (Wildman–Crippen LogP) is 9.34. The van der Waals surface area contributed by atoms with Crippen LogP contribution in [0.3, 0.4) is 0 Å². The topological polar surface area (TPSA) is 17.1 Å². The molecule has 0 atom stereocenters. The number of rotatable bonds is 23. The van der Waals surface area contributed by atoms with Crippen LogP contribution in [-0.4, -0.2) is 6.29 Å². The molecular weight excluding hydrogens is 328 g/mol. The predicted molar refractivity (Wildman–Crippen MR) is 122 cm³/mol. The number of aldehydes is 1. The van der Waals surface area contributed by atoms with Crippen LogP contribution in [0.2, 0.25) is 0 Å². The Balaban J connectivity index is 3.03. The third-order valence-corrected chi connectivity index (χ3v) is 5.58. The molecule has 1 nitrogen and oxygen atoms in total. The van der Waals surface area contributed by atoms with Crippen molar-refractivity contribution in [2.24, 2.45) is 0 Å². The van der Waals surface area contributed by atoms with Crippen LogP contribution < -0.4 is 0 Å². The van der Waals surface area contributed by atoms with Crippen LogP contribution in [0.15, 0.2) is 12.2 Å². The van der Waals surface area contributed by atoms with Crippen molar-refractivity contribution in [2.45, 2.75) is 148 Å². The van der Waals surface area contributed by atoms with E-state index in [0.717, 1.165) is 19.1 Å². The Kier molecular flexibility index (Phi) is 24.9. The fraction of sp³-hybridized carbons (Fsp3) is 0.885. The second-order valence-electron chi connectivity index (χ2n) is 8.37. The standard InChI is InChI=1S/C26H50O/c1-2-3-4-5-6-7-8-9-10-11-12-13-14-15-16-17-18-19-20-21-22-23-24-25-26-27/h7-8,26H,2-6,9-25H2,1H3/b8-7+. The van der Waals surface area contributed by atoms with E-state index in [1.165, 1.54) is 128 Å². The van der Waals surface area contributed by atoms with Crippen molar-refractivity contribution in [2.75, 3.05) is 0 Å². The Hall–Kier alpha value is -0.590. The van der Waals surface area contributed by atoms with Crippen molar-refractivity contribution in [1.29, 1.82) is 0 Å². The van der Waals surface area contributed by atoms with Crippen LogP contribution in [0, 0.1) is 0 Å². The molecule has 0 radical (unpaired) electrons. The Bertz CT molecular complexity index is 295. The van der Waals surface area contributed by atoms with Gasteiger partial charge in [-0.3, -0.25) is 0 Å². The number of hydrogen-bond donors (Lipinski definition) is 0. The highest BCUT2D eigenvalue weighted by Crippen LogP contribution is 2.14. The van der Waals surface area contributed by atoms with Crippen LogP contribution in [-0.2, 0) is 4.79 Å². The maximum absolute atomic E-state index is 10.2. The van der Waals surface area contributed by atoms with E-state index < -0.39 is 0 Å².